The molecule has 0 fully saturated rings. The predicted octanol–water partition coefficient (Wildman–Crippen LogP) is 2.68. The van der Waals surface area contributed by atoms with Crippen molar-refractivity contribution in [3.63, 3.8) is 0 Å². The smallest absolute Gasteiger partial charge is 0.198 e. The minimum atomic E-state index is 0.705. The molecule has 0 aliphatic rings. The highest BCUT2D eigenvalue weighted by Crippen LogP contribution is 2.14. The van der Waals surface area contributed by atoms with Gasteiger partial charge in [0.15, 0.2) is 5.89 Å². The van der Waals surface area contributed by atoms with E-state index in [4.69, 9.17) is 16.0 Å². The lowest BCUT2D eigenvalue weighted by molar-refractivity contribution is 0.460. The fourth-order valence-corrected chi connectivity index (χ4v) is 1.70. The standard InChI is InChI=1S/C13H15ClN2O/c1-15-7-6-12-9-16-13(17-12)8-10-2-4-11(14)5-3-10/h2-5,9,15H,6-8H2,1H3. The third-order valence-electron chi connectivity index (χ3n) is 2.49. The van der Waals surface area contributed by atoms with Crippen molar-refractivity contribution < 1.29 is 4.42 Å². The molecule has 17 heavy (non-hydrogen) atoms. The first-order valence-electron chi connectivity index (χ1n) is 5.60. The van der Waals surface area contributed by atoms with E-state index in [9.17, 15) is 0 Å². The summed E-state index contributed by atoms with van der Waals surface area (Å²) in [6.07, 6.45) is 3.36. The highest BCUT2D eigenvalue weighted by atomic mass is 35.5. The number of benzene rings is 1. The van der Waals surface area contributed by atoms with Gasteiger partial charge in [0, 0.05) is 24.4 Å². The second-order valence-corrected chi connectivity index (χ2v) is 4.31. The number of hydrogen-bond acceptors (Lipinski definition) is 3. The Kier molecular flexibility index (Phi) is 4.18. The van der Waals surface area contributed by atoms with Gasteiger partial charge in [-0.2, -0.15) is 0 Å². The lowest BCUT2D eigenvalue weighted by Crippen LogP contribution is -2.09. The quantitative estimate of drug-likeness (QED) is 0.887. The Labute approximate surface area is 106 Å². The van der Waals surface area contributed by atoms with Gasteiger partial charge in [0.2, 0.25) is 0 Å². The summed E-state index contributed by atoms with van der Waals surface area (Å²) >= 11 is 5.83. The number of nitrogens with zero attached hydrogens (tertiary/aromatic N) is 1. The topological polar surface area (TPSA) is 38.1 Å². The summed E-state index contributed by atoms with van der Waals surface area (Å²) in [5.41, 5.74) is 1.15. The number of rotatable bonds is 5. The summed E-state index contributed by atoms with van der Waals surface area (Å²) in [6.45, 7) is 0.898. The molecule has 1 aromatic heterocycles. The highest BCUT2D eigenvalue weighted by Gasteiger charge is 2.04. The fraction of sp³-hybridized carbons (Fsp3) is 0.308. The Morgan fingerprint density at radius 1 is 1.29 bits per heavy atom. The van der Waals surface area contributed by atoms with Crippen molar-refractivity contribution >= 4 is 11.6 Å². The number of nitrogens with one attached hydrogen (secondary N) is 1. The number of likely N-dealkylation sites (N-methyl/N-ethyl adjacent to an activating group) is 1. The molecule has 0 aliphatic heterocycles. The zero-order valence-electron chi connectivity index (χ0n) is 9.74. The van der Waals surface area contributed by atoms with E-state index in [1.807, 2.05) is 31.3 Å². The third-order valence-corrected chi connectivity index (χ3v) is 2.74. The van der Waals surface area contributed by atoms with Crippen LogP contribution in [0.15, 0.2) is 34.9 Å². The van der Waals surface area contributed by atoms with Gasteiger partial charge in [-0.05, 0) is 24.7 Å². The van der Waals surface area contributed by atoms with Gasteiger partial charge in [-0.15, -0.1) is 0 Å². The van der Waals surface area contributed by atoms with E-state index in [1.165, 1.54) is 0 Å². The summed E-state index contributed by atoms with van der Waals surface area (Å²) in [5, 5.41) is 3.83. The van der Waals surface area contributed by atoms with Crippen molar-refractivity contribution in [1.82, 2.24) is 10.3 Å². The van der Waals surface area contributed by atoms with Gasteiger partial charge in [-0.25, -0.2) is 4.98 Å². The van der Waals surface area contributed by atoms with Crippen molar-refractivity contribution in [1.29, 1.82) is 0 Å². The van der Waals surface area contributed by atoms with Crippen molar-refractivity contribution in [2.24, 2.45) is 0 Å². The van der Waals surface area contributed by atoms with Gasteiger partial charge in [-0.1, -0.05) is 23.7 Å². The molecular formula is C13H15ClN2O. The Morgan fingerprint density at radius 2 is 2.06 bits per heavy atom. The van der Waals surface area contributed by atoms with Crippen LogP contribution in [0.3, 0.4) is 0 Å². The van der Waals surface area contributed by atoms with Crippen LogP contribution >= 0.6 is 11.6 Å². The van der Waals surface area contributed by atoms with Crippen molar-refractivity contribution in [3.05, 3.63) is 52.7 Å². The van der Waals surface area contributed by atoms with Crippen LogP contribution in [0, 0.1) is 0 Å². The van der Waals surface area contributed by atoms with Gasteiger partial charge in [-0.3, -0.25) is 0 Å². The number of hydrogen-bond donors (Lipinski definition) is 1. The Bertz CT molecular complexity index is 465. The Morgan fingerprint density at radius 3 is 2.76 bits per heavy atom. The molecule has 0 saturated heterocycles. The molecule has 90 valence electrons. The SMILES string of the molecule is CNCCc1cnc(Cc2ccc(Cl)cc2)o1. The average molecular weight is 251 g/mol. The van der Waals surface area contributed by atoms with E-state index in [1.54, 1.807) is 6.20 Å². The third kappa shape index (κ3) is 3.58. The van der Waals surface area contributed by atoms with Crippen LogP contribution < -0.4 is 5.32 Å². The molecule has 0 bridgehead atoms. The van der Waals surface area contributed by atoms with Gasteiger partial charge in [0.05, 0.1) is 6.20 Å². The van der Waals surface area contributed by atoms with E-state index >= 15 is 0 Å². The van der Waals surface area contributed by atoms with E-state index in [0.717, 1.165) is 35.2 Å². The molecule has 0 saturated carbocycles. The molecule has 3 nitrogen and oxygen atoms in total. The molecule has 0 spiro atoms. The van der Waals surface area contributed by atoms with Crippen LogP contribution in [0.25, 0.3) is 0 Å². The molecule has 0 atom stereocenters. The maximum Gasteiger partial charge on any atom is 0.198 e. The first-order chi connectivity index (χ1) is 8.28. The maximum atomic E-state index is 5.83. The van der Waals surface area contributed by atoms with Crippen molar-refractivity contribution in [3.8, 4) is 0 Å². The van der Waals surface area contributed by atoms with Gasteiger partial charge in [0.25, 0.3) is 0 Å². The zero-order valence-corrected chi connectivity index (χ0v) is 10.5. The van der Waals surface area contributed by atoms with E-state index in [2.05, 4.69) is 10.3 Å². The van der Waals surface area contributed by atoms with Gasteiger partial charge in [0.1, 0.15) is 5.76 Å². The summed E-state index contributed by atoms with van der Waals surface area (Å²) in [4.78, 5) is 4.26. The summed E-state index contributed by atoms with van der Waals surface area (Å²) in [6, 6.07) is 7.73. The minimum absolute atomic E-state index is 0.705. The zero-order chi connectivity index (χ0) is 12.1. The predicted molar refractivity (Wildman–Crippen MR) is 68.4 cm³/mol. The minimum Gasteiger partial charge on any atom is -0.445 e. The second-order valence-electron chi connectivity index (χ2n) is 3.88. The van der Waals surface area contributed by atoms with Crippen molar-refractivity contribution in [2.75, 3.05) is 13.6 Å². The summed E-state index contributed by atoms with van der Waals surface area (Å²) < 4.78 is 5.64. The van der Waals surface area contributed by atoms with Gasteiger partial charge >= 0.3 is 0 Å². The summed E-state index contributed by atoms with van der Waals surface area (Å²) in [7, 11) is 1.92. The highest BCUT2D eigenvalue weighted by molar-refractivity contribution is 6.30. The van der Waals surface area contributed by atoms with Crippen LogP contribution in [-0.2, 0) is 12.8 Å². The molecule has 4 heteroatoms. The van der Waals surface area contributed by atoms with Crippen LogP contribution in [0.2, 0.25) is 5.02 Å². The molecule has 0 unspecified atom stereocenters. The largest absolute Gasteiger partial charge is 0.445 e. The fourth-order valence-electron chi connectivity index (χ4n) is 1.57. The van der Waals surface area contributed by atoms with E-state index < -0.39 is 0 Å². The molecule has 2 rings (SSSR count). The lowest BCUT2D eigenvalue weighted by Gasteiger charge is -1.98. The molecule has 1 heterocycles. The normalized spacial score (nSPS) is 10.7. The molecular weight excluding hydrogens is 236 g/mol. The van der Waals surface area contributed by atoms with Crippen LogP contribution in [0.5, 0.6) is 0 Å². The Balaban J connectivity index is 1.98. The van der Waals surface area contributed by atoms with Crippen LogP contribution in [-0.4, -0.2) is 18.6 Å². The van der Waals surface area contributed by atoms with E-state index in [-0.39, 0.29) is 0 Å². The van der Waals surface area contributed by atoms with Crippen LogP contribution in [0.4, 0.5) is 0 Å². The first kappa shape index (κ1) is 12.1. The molecule has 2 aromatic rings. The molecule has 0 aliphatic carbocycles. The molecule has 1 aromatic carbocycles. The first-order valence-corrected chi connectivity index (χ1v) is 5.98. The second kappa shape index (κ2) is 5.84. The number of aromatic nitrogens is 1. The van der Waals surface area contributed by atoms with E-state index in [0.29, 0.717) is 6.42 Å². The molecule has 1 N–H and O–H groups in total. The average Bonchev–Trinajstić information content (AvgIpc) is 2.77. The van der Waals surface area contributed by atoms with Crippen molar-refractivity contribution in [2.45, 2.75) is 12.8 Å². The maximum absolute atomic E-state index is 5.83. The summed E-state index contributed by atoms with van der Waals surface area (Å²) in [5.74, 6) is 1.67. The molecule has 0 radical (unpaired) electrons. The monoisotopic (exact) mass is 250 g/mol. The lowest BCUT2D eigenvalue weighted by atomic mass is 10.1. The van der Waals surface area contributed by atoms with Crippen LogP contribution in [0.1, 0.15) is 17.2 Å². The van der Waals surface area contributed by atoms with Gasteiger partial charge < -0.3 is 9.73 Å². The number of oxazole rings is 1. The number of halogens is 1. The molecule has 0 amide bonds. The Hall–Kier alpha value is -1.32.